The normalized spacial score (nSPS) is 18.3. The smallest absolute Gasteiger partial charge is 0.410 e. The molecule has 1 aliphatic carbocycles. The van der Waals surface area contributed by atoms with E-state index in [1.807, 2.05) is 69.9 Å². The molecule has 1 unspecified atom stereocenters. The molecule has 4 heterocycles. The van der Waals surface area contributed by atoms with Crippen LogP contribution in [0.25, 0.3) is 32.9 Å². The molecule has 0 bridgehead atoms. The Kier molecular flexibility index (Phi) is 11.4. The topological polar surface area (TPSA) is 113 Å². The number of likely N-dealkylation sites (N-methyl/N-ethyl adjacent to an activating group) is 1. The number of halogens is 1. The molecular formula is C46H53FN6O6. The van der Waals surface area contributed by atoms with Crippen LogP contribution in [0.4, 0.5) is 15.0 Å². The Bertz CT molecular complexity index is 2390. The second-order valence-corrected chi connectivity index (χ2v) is 16.8. The lowest BCUT2D eigenvalue weighted by Gasteiger charge is -2.29. The second-order valence-electron chi connectivity index (χ2n) is 16.8. The van der Waals surface area contributed by atoms with Crippen LogP contribution in [0.15, 0.2) is 42.6 Å². The Hall–Kier alpha value is -5.45. The number of ether oxygens (including phenoxy) is 5. The summed E-state index contributed by atoms with van der Waals surface area (Å²) in [6.07, 6.45) is 12.3. The van der Waals surface area contributed by atoms with Gasteiger partial charge in [0.05, 0.1) is 18.3 Å². The van der Waals surface area contributed by atoms with Crippen molar-refractivity contribution in [1.82, 2.24) is 24.6 Å². The summed E-state index contributed by atoms with van der Waals surface area (Å²) in [7, 11) is 3.60. The van der Waals surface area contributed by atoms with E-state index in [0.29, 0.717) is 66.5 Å². The van der Waals surface area contributed by atoms with Crippen LogP contribution in [0.3, 0.4) is 0 Å². The summed E-state index contributed by atoms with van der Waals surface area (Å²) in [6.45, 7) is 9.80. The first-order chi connectivity index (χ1) is 28.4. The fraction of sp³-hybridized carbons (Fsp3) is 0.478. The average Bonchev–Trinajstić information content (AvgIpc) is 3.80. The molecule has 0 spiro atoms. The lowest BCUT2D eigenvalue weighted by molar-refractivity contribution is -0.0366. The monoisotopic (exact) mass is 804 g/mol. The summed E-state index contributed by atoms with van der Waals surface area (Å²) in [4.78, 5) is 27.1. The summed E-state index contributed by atoms with van der Waals surface area (Å²) in [6, 6.07) is 11.5. The van der Waals surface area contributed by atoms with E-state index in [0.717, 1.165) is 65.1 Å². The number of aromatic nitrogens is 4. The Balaban J connectivity index is 1.33. The Morgan fingerprint density at radius 1 is 1.03 bits per heavy atom. The van der Waals surface area contributed by atoms with Gasteiger partial charge in [0.2, 0.25) is 0 Å². The standard InChI is InChI=1S/C46H53FN6O6/c1-8-29-12-14-30(15-13-29)27-58-42-40(39-28(2)36(47)24-37-35(39)25-48-53(37)38-11-9-10-20-56-38)33(31-16-17-31)23-34-41(42)49-44(57-22-21-55-7)50-43(34)51(6)32-18-19-52(26-32)45(54)59-46(3,4)5/h1,12-15,23-25,31-32,38H,9-11,16-22,26-27H2,2-7H3/t32-,38?/m0/s1. The summed E-state index contributed by atoms with van der Waals surface area (Å²) in [5.74, 6) is 3.68. The number of anilines is 1. The van der Waals surface area contributed by atoms with Gasteiger partial charge in [-0.25, -0.2) is 13.9 Å². The van der Waals surface area contributed by atoms with Gasteiger partial charge in [0.1, 0.15) is 36.0 Å². The lowest BCUT2D eigenvalue weighted by Crippen LogP contribution is -2.39. The number of carbonyl (C=O) groups excluding carboxylic acids is 1. The van der Waals surface area contributed by atoms with Gasteiger partial charge >= 0.3 is 12.1 Å². The van der Waals surface area contributed by atoms with Gasteiger partial charge in [0, 0.05) is 73.4 Å². The highest BCUT2D eigenvalue weighted by molar-refractivity contribution is 6.06. The summed E-state index contributed by atoms with van der Waals surface area (Å²) in [5.41, 5.74) is 5.25. The Morgan fingerprint density at radius 2 is 1.83 bits per heavy atom. The second kappa shape index (κ2) is 16.7. The summed E-state index contributed by atoms with van der Waals surface area (Å²) in [5, 5.41) is 6.39. The van der Waals surface area contributed by atoms with Crippen molar-refractivity contribution in [3.8, 4) is 35.2 Å². The van der Waals surface area contributed by atoms with Gasteiger partial charge in [0.15, 0.2) is 12.0 Å². The first-order valence-corrected chi connectivity index (χ1v) is 20.6. The van der Waals surface area contributed by atoms with Crippen molar-refractivity contribution in [3.63, 3.8) is 0 Å². The van der Waals surface area contributed by atoms with Crippen molar-refractivity contribution in [3.05, 3.63) is 70.7 Å². The van der Waals surface area contributed by atoms with Crippen LogP contribution in [-0.2, 0) is 20.8 Å². The van der Waals surface area contributed by atoms with Crippen LogP contribution in [0.1, 0.15) is 93.7 Å². The van der Waals surface area contributed by atoms with E-state index in [9.17, 15) is 4.79 Å². The van der Waals surface area contributed by atoms with Gasteiger partial charge in [-0.05, 0) is 107 Å². The van der Waals surface area contributed by atoms with E-state index in [4.69, 9.17) is 45.2 Å². The van der Waals surface area contributed by atoms with Crippen LogP contribution in [0, 0.1) is 25.1 Å². The number of hydrogen-bond donors (Lipinski definition) is 0. The van der Waals surface area contributed by atoms with Crippen molar-refractivity contribution < 1.29 is 32.9 Å². The number of nitrogens with zero attached hydrogens (tertiary/aromatic N) is 6. The van der Waals surface area contributed by atoms with E-state index < -0.39 is 5.60 Å². The SMILES string of the molecule is C#Cc1ccc(COc2c(-c3c(C)c(F)cc4c3cnn4C3CCCCO3)c(C3CC3)cc3c(N(C)[C@H]4CCN(C(=O)OC(C)(C)C)C4)nc(OCCOC)nc23)cc1. The van der Waals surface area contributed by atoms with Gasteiger partial charge in [0.25, 0.3) is 0 Å². The highest BCUT2D eigenvalue weighted by Gasteiger charge is 2.37. The minimum Gasteiger partial charge on any atom is -0.486 e. The van der Waals surface area contributed by atoms with Gasteiger partial charge in [-0.15, -0.1) is 6.42 Å². The van der Waals surface area contributed by atoms with E-state index in [-0.39, 0.29) is 49.3 Å². The average molecular weight is 805 g/mol. The maximum Gasteiger partial charge on any atom is 0.410 e. The highest BCUT2D eigenvalue weighted by Crippen LogP contribution is 2.53. The predicted molar refractivity (Wildman–Crippen MR) is 224 cm³/mol. The third-order valence-corrected chi connectivity index (χ3v) is 11.5. The molecule has 59 heavy (non-hydrogen) atoms. The maximum atomic E-state index is 16.5. The van der Waals surface area contributed by atoms with Crippen LogP contribution in [0.5, 0.6) is 11.8 Å². The third-order valence-electron chi connectivity index (χ3n) is 11.5. The van der Waals surface area contributed by atoms with E-state index in [2.05, 4.69) is 16.9 Å². The molecule has 2 aromatic heterocycles. The van der Waals surface area contributed by atoms with Crippen molar-refractivity contribution in [2.24, 2.45) is 0 Å². The molecule has 12 nitrogen and oxygen atoms in total. The molecule has 0 N–H and O–H groups in total. The van der Waals surface area contributed by atoms with Crippen LogP contribution in [0.2, 0.25) is 0 Å². The number of amides is 1. The number of methoxy groups -OCH3 is 1. The third kappa shape index (κ3) is 8.38. The number of hydrogen-bond acceptors (Lipinski definition) is 10. The van der Waals surface area contributed by atoms with Gasteiger partial charge in [-0.1, -0.05) is 18.1 Å². The minimum absolute atomic E-state index is 0.0755. The minimum atomic E-state index is -0.608. The number of fused-ring (bicyclic) bond motifs is 2. The molecule has 3 aliphatic rings. The van der Waals surface area contributed by atoms with Crippen molar-refractivity contribution in [2.45, 2.75) is 96.6 Å². The van der Waals surface area contributed by atoms with Gasteiger partial charge in [-0.3, -0.25) is 0 Å². The van der Waals surface area contributed by atoms with Crippen molar-refractivity contribution in [1.29, 1.82) is 0 Å². The molecular weight excluding hydrogens is 752 g/mol. The zero-order valence-electron chi connectivity index (χ0n) is 34.8. The van der Waals surface area contributed by atoms with E-state index in [1.165, 1.54) is 0 Å². The highest BCUT2D eigenvalue weighted by atomic mass is 19.1. The number of terminal acetylenes is 1. The summed E-state index contributed by atoms with van der Waals surface area (Å²) >= 11 is 0. The lowest BCUT2D eigenvalue weighted by atomic mass is 9.88. The first kappa shape index (κ1) is 40.3. The largest absolute Gasteiger partial charge is 0.486 e. The van der Waals surface area contributed by atoms with Crippen LogP contribution in [-0.4, -0.2) is 89.5 Å². The fourth-order valence-electron chi connectivity index (χ4n) is 8.19. The molecule has 310 valence electrons. The van der Waals surface area contributed by atoms with Crippen molar-refractivity contribution >= 4 is 33.7 Å². The predicted octanol–water partition coefficient (Wildman–Crippen LogP) is 8.70. The van der Waals surface area contributed by atoms with Crippen LogP contribution < -0.4 is 14.4 Å². The molecule has 2 atom stereocenters. The molecule has 13 heteroatoms. The molecule has 2 saturated heterocycles. The maximum absolute atomic E-state index is 16.5. The molecule has 2 aliphatic heterocycles. The van der Waals surface area contributed by atoms with Gasteiger partial charge < -0.3 is 33.5 Å². The summed E-state index contributed by atoms with van der Waals surface area (Å²) < 4.78 is 48.6. The Morgan fingerprint density at radius 3 is 2.53 bits per heavy atom. The number of carbonyl (C=O) groups is 1. The zero-order chi connectivity index (χ0) is 41.4. The van der Waals surface area contributed by atoms with Crippen molar-refractivity contribution in [2.75, 3.05) is 52.0 Å². The quantitative estimate of drug-likeness (QED) is 0.0897. The number of benzene rings is 3. The number of rotatable bonds is 12. The molecule has 8 rings (SSSR count). The van der Waals surface area contributed by atoms with E-state index in [1.54, 1.807) is 18.1 Å². The first-order valence-electron chi connectivity index (χ1n) is 20.6. The molecule has 3 aromatic carbocycles. The molecule has 1 saturated carbocycles. The molecule has 5 aromatic rings. The zero-order valence-corrected chi connectivity index (χ0v) is 34.8. The Labute approximate surface area is 344 Å². The van der Waals surface area contributed by atoms with Crippen LogP contribution >= 0.6 is 0 Å². The molecule has 0 radical (unpaired) electrons. The molecule has 1 amide bonds. The molecule has 3 fully saturated rings. The fourth-order valence-corrected chi connectivity index (χ4v) is 8.19. The van der Waals surface area contributed by atoms with E-state index >= 15 is 4.39 Å². The van der Waals surface area contributed by atoms with Gasteiger partial charge in [-0.2, -0.15) is 15.1 Å². The number of likely N-dealkylation sites (tertiary alicyclic amines) is 1.